The Bertz CT molecular complexity index is 522. The van der Waals surface area contributed by atoms with E-state index in [0.29, 0.717) is 18.4 Å². The van der Waals surface area contributed by atoms with Gasteiger partial charge in [-0.3, -0.25) is 4.79 Å². The van der Waals surface area contributed by atoms with Crippen LogP contribution in [0.4, 0.5) is 4.39 Å². The summed E-state index contributed by atoms with van der Waals surface area (Å²) in [7, 11) is 0. The van der Waals surface area contributed by atoms with Crippen molar-refractivity contribution in [2.45, 2.75) is 31.7 Å². The first-order chi connectivity index (χ1) is 9.52. The van der Waals surface area contributed by atoms with E-state index >= 15 is 0 Å². The molecule has 0 aromatic heterocycles. The van der Waals surface area contributed by atoms with Crippen molar-refractivity contribution in [3.63, 3.8) is 0 Å². The Morgan fingerprint density at radius 3 is 2.80 bits per heavy atom. The molecule has 2 N–H and O–H groups in total. The summed E-state index contributed by atoms with van der Waals surface area (Å²) in [4.78, 5) is 22.7. The molecule has 0 aliphatic carbocycles. The molecule has 4 nitrogen and oxygen atoms in total. The van der Waals surface area contributed by atoms with Crippen LogP contribution in [-0.4, -0.2) is 23.0 Å². The number of halogens is 1. The largest absolute Gasteiger partial charge is 0.480 e. The average Bonchev–Trinajstić information content (AvgIpc) is 2.37. The second-order valence-electron chi connectivity index (χ2n) is 4.36. The quantitative estimate of drug-likeness (QED) is 0.589. The van der Waals surface area contributed by atoms with Gasteiger partial charge in [-0.15, -0.1) is 12.3 Å². The number of carbonyl (C=O) groups excluding carboxylic acids is 1. The fourth-order valence-corrected chi connectivity index (χ4v) is 1.74. The number of unbranched alkanes of at least 4 members (excludes halogenated alkanes) is 1. The lowest BCUT2D eigenvalue weighted by Gasteiger charge is -2.13. The van der Waals surface area contributed by atoms with Gasteiger partial charge in [0, 0.05) is 6.42 Å². The molecule has 0 aliphatic rings. The van der Waals surface area contributed by atoms with Crippen LogP contribution >= 0.6 is 0 Å². The maximum Gasteiger partial charge on any atom is 0.326 e. The molecule has 5 heteroatoms. The van der Waals surface area contributed by atoms with E-state index in [9.17, 15) is 14.0 Å². The first-order valence-electron chi connectivity index (χ1n) is 6.23. The zero-order chi connectivity index (χ0) is 15.0. The molecule has 1 rings (SSSR count). The highest BCUT2D eigenvalue weighted by molar-refractivity contribution is 5.84. The van der Waals surface area contributed by atoms with Crippen LogP contribution in [-0.2, 0) is 16.0 Å². The van der Waals surface area contributed by atoms with E-state index in [0.717, 1.165) is 0 Å². The maximum atomic E-state index is 13.0. The van der Waals surface area contributed by atoms with Crippen LogP contribution in [0.3, 0.4) is 0 Å². The summed E-state index contributed by atoms with van der Waals surface area (Å²) in [6.45, 7) is 0. The van der Waals surface area contributed by atoms with Crippen LogP contribution in [0, 0.1) is 18.2 Å². The first kappa shape index (κ1) is 15.7. The summed E-state index contributed by atoms with van der Waals surface area (Å²) in [6.07, 6.45) is 6.28. The molecule has 0 fully saturated rings. The SMILES string of the molecule is C#CCCC[C@@H](NC(=O)Cc1cccc(F)c1)C(=O)O. The molecule has 1 aromatic rings. The van der Waals surface area contributed by atoms with Gasteiger partial charge in [-0.2, -0.15) is 0 Å². The molecule has 0 saturated carbocycles. The molecule has 0 heterocycles. The van der Waals surface area contributed by atoms with Gasteiger partial charge in [-0.25, -0.2) is 9.18 Å². The van der Waals surface area contributed by atoms with Crippen molar-refractivity contribution in [2.75, 3.05) is 0 Å². The molecular formula is C15H16FNO3. The van der Waals surface area contributed by atoms with E-state index in [-0.39, 0.29) is 12.8 Å². The van der Waals surface area contributed by atoms with Gasteiger partial charge in [0.1, 0.15) is 11.9 Å². The summed E-state index contributed by atoms with van der Waals surface area (Å²) < 4.78 is 13.0. The highest BCUT2D eigenvalue weighted by atomic mass is 19.1. The number of aliphatic carboxylic acids is 1. The molecule has 106 valence electrons. The number of hydrogen-bond acceptors (Lipinski definition) is 2. The van der Waals surface area contributed by atoms with Gasteiger partial charge in [0.15, 0.2) is 0 Å². The van der Waals surface area contributed by atoms with Gasteiger partial charge in [0.05, 0.1) is 6.42 Å². The van der Waals surface area contributed by atoms with Crippen molar-refractivity contribution in [2.24, 2.45) is 0 Å². The highest BCUT2D eigenvalue weighted by Crippen LogP contribution is 2.06. The Morgan fingerprint density at radius 1 is 1.45 bits per heavy atom. The molecular weight excluding hydrogens is 261 g/mol. The van der Waals surface area contributed by atoms with Crippen molar-refractivity contribution < 1.29 is 19.1 Å². The Kier molecular flexibility index (Phi) is 6.24. The third kappa shape index (κ3) is 5.53. The average molecular weight is 277 g/mol. The summed E-state index contributed by atoms with van der Waals surface area (Å²) >= 11 is 0. The summed E-state index contributed by atoms with van der Waals surface area (Å²) in [5, 5.41) is 11.4. The van der Waals surface area contributed by atoms with Gasteiger partial charge in [-0.05, 0) is 30.5 Å². The van der Waals surface area contributed by atoms with E-state index in [1.807, 2.05) is 0 Å². The van der Waals surface area contributed by atoms with Gasteiger partial charge >= 0.3 is 5.97 Å². The summed E-state index contributed by atoms with van der Waals surface area (Å²) in [5.74, 6) is 0.426. The molecule has 0 aliphatic heterocycles. The van der Waals surface area contributed by atoms with Crippen LogP contribution in [0.1, 0.15) is 24.8 Å². The van der Waals surface area contributed by atoms with Crippen LogP contribution in [0.2, 0.25) is 0 Å². The number of nitrogens with one attached hydrogen (secondary N) is 1. The molecule has 0 saturated heterocycles. The molecule has 1 amide bonds. The Labute approximate surface area is 117 Å². The molecule has 20 heavy (non-hydrogen) atoms. The van der Waals surface area contributed by atoms with E-state index < -0.39 is 23.7 Å². The predicted octanol–water partition coefficient (Wildman–Crippen LogP) is 1.74. The fraction of sp³-hybridized carbons (Fsp3) is 0.333. The lowest BCUT2D eigenvalue weighted by molar-refractivity contribution is -0.141. The number of benzene rings is 1. The molecule has 0 bridgehead atoms. The van der Waals surface area contributed by atoms with Gasteiger partial charge in [-0.1, -0.05) is 12.1 Å². The lowest BCUT2D eigenvalue weighted by Crippen LogP contribution is -2.41. The number of terminal acetylenes is 1. The molecule has 1 aromatic carbocycles. The second kappa shape index (κ2) is 7.95. The highest BCUT2D eigenvalue weighted by Gasteiger charge is 2.19. The van der Waals surface area contributed by atoms with Crippen molar-refractivity contribution in [1.82, 2.24) is 5.32 Å². The minimum atomic E-state index is -1.10. The lowest BCUT2D eigenvalue weighted by atomic mass is 10.1. The third-order valence-electron chi connectivity index (χ3n) is 2.70. The summed E-state index contributed by atoms with van der Waals surface area (Å²) in [6, 6.07) is 4.66. The molecule has 0 unspecified atom stereocenters. The van der Waals surface area contributed by atoms with Crippen molar-refractivity contribution in [1.29, 1.82) is 0 Å². The zero-order valence-corrected chi connectivity index (χ0v) is 10.9. The third-order valence-corrected chi connectivity index (χ3v) is 2.70. The summed E-state index contributed by atoms with van der Waals surface area (Å²) in [5.41, 5.74) is 0.496. The topological polar surface area (TPSA) is 66.4 Å². The number of hydrogen-bond donors (Lipinski definition) is 2. The predicted molar refractivity (Wildman–Crippen MR) is 72.4 cm³/mol. The Morgan fingerprint density at radius 2 is 2.20 bits per heavy atom. The van der Waals surface area contributed by atoms with Gasteiger partial charge in [0.25, 0.3) is 0 Å². The van der Waals surface area contributed by atoms with Crippen molar-refractivity contribution >= 4 is 11.9 Å². The minimum Gasteiger partial charge on any atom is -0.480 e. The van der Waals surface area contributed by atoms with E-state index in [4.69, 9.17) is 11.5 Å². The standard InChI is InChI=1S/C15H16FNO3/c1-2-3-4-8-13(15(19)20)17-14(18)10-11-6-5-7-12(16)9-11/h1,5-7,9,13H,3-4,8,10H2,(H,17,18)(H,19,20)/t13-/m1/s1. The van der Waals surface area contributed by atoms with E-state index in [1.54, 1.807) is 6.07 Å². The molecule has 0 radical (unpaired) electrons. The first-order valence-corrected chi connectivity index (χ1v) is 6.23. The number of amides is 1. The Balaban J connectivity index is 2.53. The minimum absolute atomic E-state index is 0.0589. The molecule has 1 atom stereocenters. The maximum absolute atomic E-state index is 13.0. The van der Waals surface area contributed by atoms with E-state index in [2.05, 4.69) is 11.2 Å². The smallest absolute Gasteiger partial charge is 0.326 e. The zero-order valence-electron chi connectivity index (χ0n) is 10.9. The number of carbonyl (C=O) groups is 2. The van der Waals surface area contributed by atoms with E-state index in [1.165, 1.54) is 18.2 Å². The normalized spacial score (nSPS) is 11.4. The Hall–Kier alpha value is -2.35. The number of carboxylic acids is 1. The van der Waals surface area contributed by atoms with Crippen molar-refractivity contribution in [3.8, 4) is 12.3 Å². The van der Waals surface area contributed by atoms with Gasteiger partial charge in [0.2, 0.25) is 5.91 Å². The fourth-order valence-electron chi connectivity index (χ4n) is 1.74. The second-order valence-corrected chi connectivity index (χ2v) is 4.36. The van der Waals surface area contributed by atoms with Crippen LogP contribution in [0.5, 0.6) is 0 Å². The van der Waals surface area contributed by atoms with Gasteiger partial charge < -0.3 is 10.4 Å². The van der Waals surface area contributed by atoms with Crippen LogP contribution in [0.25, 0.3) is 0 Å². The molecule has 0 spiro atoms. The number of rotatable bonds is 7. The van der Waals surface area contributed by atoms with Crippen molar-refractivity contribution in [3.05, 3.63) is 35.6 Å². The monoisotopic (exact) mass is 277 g/mol. The number of carboxylic acid groups (broad SMARTS) is 1. The van der Waals surface area contributed by atoms with Crippen LogP contribution in [0.15, 0.2) is 24.3 Å². The van der Waals surface area contributed by atoms with Crippen LogP contribution < -0.4 is 5.32 Å².